The van der Waals surface area contributed by atoms with Crippen molar-refractivity contribution < 1.29 is 8.84 Å². The van der Waals surface area contributed by atoms with Crippen molar-refractivity contribution in [3.05, 3.63) is 84.8 Å². The van der Waals surface area contributed by atoms with Crippen LogP contribution < -0.4 is 16.1 Å². The highest BCUT2D eigenvalue weighted by Gasteiger charge is 2.50. The first-order chi connectivity index (χ1) is 13.9. The molecule has 0 spiro atoms. The number of rotatable bonds is 8. The molecule has 0 radical (unpaired) electrons. The molecule has 29 heavy (non-hydrogen) atoms. The fourth-order valence-corrected chi connectivity index (χ4v) is 8.93. The van der Waals surface area contributed by atoms with Crippen LogP contribution in [0.3, 0.4) is 0 Å². The molecule has 0 aliphatic carbocycles. The van der Waals surface area contributed by atoms with Crippen LogP contribution in [0, 0.1) is 5.92 Å². The van der Waals surface area contributed by atoms with E-state index >= 15 is 0 Å². The molecule has 1 aromatic heterocycles. The van der Waals surface area contributed by atoms with Gasteiger partial charge in [-0.2, -0.15) is 0 Å². The molecule has 0 aliphatic heterocycles. The number of hydrogen-bond donors (Lipinski definition) is 1. The maximum Gasteiger partial charge on any atom is 0.261 e. The van der Waals surface area contributed by atoms with E-state index in [0.29, 0.717) is 13.2 Å². The lowest BCUT2D eigenvalue weighted by atomic mass is 9.92. The van der Waals surface area contributed by atoms with Crippen molar-refractivity contribution in [3.8, 4) is 0 Å². The molecule has 0 amide bonds. The van der Waals surface area contributed by atoms with Gasteiger partial charge in [-0.25, -0.2) is 0 Å². The molecule has 0 saturated heterocycles. The van der Waals surface area contributed by atoms with Crippen LogP contribution in [0.5, 0.6) is 0 Å². The quantitative estimate of drug-likeness (QED) is 0.558. The van der Waals surface area contributed by atoms with Crippen molar-refractivity contribution in [1.82, 2.24) is 0 Å². The van der Waals surface area contributed by atoms with Gasteiger partial charge in [-0.05, 0) is 33.5 Å². The van der Waals surface area contributed by atoms with Crippen molar-refractivity contribution in [2.75, 3.05) is 13.2 Å². The molecular formula is C25H33NO2Si. The normalized spacial score (nSPS) is 14.5. The molecule has 2 N–H and O–H groups in total. The predicted molar refractivity (Wildman–Crippen MR) is 123 cm³/mol. The second-order valence-electron chi connectivity index (χ2n) is 8.81. The second-order valence-corrected chi connectivity index (χ2v) is 13.1. The van der Waals surface area contributed by atoms with E-state index in [1.165, 1.54) is 10.4 Å². The summed E-state index contributed by atoms with van der Waals surface area (Å²) >= 11 is 0. The molecule has 0 bridgehead atoms. The Kier molecular flexibility index (Phi) is 6.78. The van der Waals surface area contributed by atoms with E-state index in [2.05, 4.69) is 88.4 Å². The molecule has 3 nitrogen and oxygen atoms in total. The average molecular weight is 408 g/mol. The highest BCUT2D eigenvalue weighted by Crippen LogP contribution is 2.37. The van der Waals surface area contributed by atoms with Crippen molar-refractivity contribution in [2.24, 2.45) is 11.7 Å². The lowest BCUT2D eigenvalue weighted by molar-refractivity contribution is 0.216. The summed E-state index contributed by atoms with van der Waals surface area (Å²) in [6, 6.07) is 25.4. The third-order valence-electron chi connectivity index (χ3n) is 5.83. The molecule has 2 atom stereocenters. The van der Waals surface area contributed by atoms with Gasteiger partial charge in [-0.3, -0.25) is 0 Å². The summed E-state index contributed by atoms with van der Waals surface area (Å²) in [5, 5.41) is 2.57. The summed E-state index contributed by atoms with van der Waals surface area (Å²) in [6.07, 6.45) is 1.72. The highest BCUT2D eigenvalue weighted by atomic mass is 28.4. The number of furan rings is 1. The molecule has 4 heteroatoms. The first-order valence-corrected chi connectivity index (χ1v) is 12.3. The Morgan fingerprint density at radius 2 is 1.45 bits per heavy atom. The third kappa shape index (κ3) is 4.40. The number of nitrogens with two attached hydrogens (primary N) is 1. The maximum absolute atomic E-state index is 7.05. The molecule has 3 aromatic rings. The minimum Gasteiger partial charge on any atom is -0.469 e. The molecular weight excluding hydrogens is 374 g/mol. The van der Waals surface area contributed by atoms with E-state index in [0.717, 1.165) is 5.76 Å². The Balaban J connectivity index is 2.00. The molecule has 0 fully saturated rings. The number of hydrogen-bond acceptors (Lipinski definition) is 3. The molecule has 0 unspecified atom stereocenters. The SMILES string of the molecule is C[C@H](CO[Si](c1ccccc1)(c1ccccc1)C(C)(C)C)[C@@H](CN)c1ccco1. The van der Waals surface area contributed by atoms with Crippen LogP contribution in [0.4, 0.5) is 0 Å². The zero-order chi connectivity index (χ0) is 20.9. The third-order valence-corrected chi connectivity index (χ3v) is 10.8. The lowest BCUT2D eigenvalue weighted by Crippen LogP contribution is -2.67. The fourth-order valence-electron chi connectivity index (χ4n) is 4.27. The highest BCUT2D eigenvalue weighted by molar-refractivity contribution is 6.99. The van der Waals surface area contributed by atoms with Crippen LogP contribution in [0.1, 0.15) is 39.4 Å². The average Bonchev–Trinajstić information content (AvgIpc) is 3.24. The fraction of sp³-hybridized carbons (Fsp3) is 0.360. The van der Waals surface area contributed by atoms with Crippen molar-refractivity contribution in [1.29, 1.82) is 0 Å². The van der Waals surface area contributed by atoms with Gasteiger partial charge in [-0.1, -0.05) is 88.4 Å². The maximum atomic E-state index is 7.05. The van der Waals surface area contributed by atoms with Gasteiger partial charge in [0.1, 0.15) is 5.76 Å². The van der Waals surface area contributed by atoms with Gasteiger partial charge in [0.05, 0.1) is 6.26 Å². The molecule has 2 aromatic carbocycles. The van der Waals surface area contributed by atoms with Gasteiger partial charge in [0.25, 0.3) is 8.32 Å². The summed E-state index contributed by atoms with van der Waals surface area (Å²) in [6.45, 7) is 10.3. The van der Waals surface area contributed by atoms with E-state index < -0.39 is 8.32 Å². The standard InChI is InChI=1S/C25H33NO2Si/c1-20(23(18-26)24-16-11-17-27-24)19-28-29(25(2,3)4,21-12-7-5-8-13-21)22-14-9-6-10-15-22/h5-17,20,23H,18-19,26H2,1-4H3/t20-,23-/m1/s1. The van der Waals surface area contributed by atoms with Gasteiger partial charge >= 0.3 is 0 Å². The Bertz CT molecular complexity index is 817. The van der Waals surface area contributed by atoms with Gasteiger partial charge in [-0.15, -0.1) is 0 Å². The van der Waals surface area contributed by atoms with Crippen LogP contribution in [0.25, 0.3) is 0 Å². The van der Waals surface area contributed by atoms with Crippen molar-refractivity contribution in [2.45, 2.75) is 38.7 Å². The summed E-state index contributed by atoms with van der Waals surface area (Å²) in [7, 11) is -2.53. The van der Waals surface area contributed by atoms with Crippen LogP contribution in [0.2, 0.25) is 5.04 Å². The second kappa shape index (κ2) is 9.12. The van der Waals surface area contributed by atoms with Gasteiger partial charge in [0.2, 0.25) is 0 Å². The molecule has 3 rings (SSSR count). The van der Waals surface area contributed by atoms with Gasteiger partial charge in [0.15, 0.2) is 0 Å². The largest absolute Gasteiger partial charge is 0.469 e. The van der Waals surface area contributed by atoms with Crippen LogP contribution in [-0.4, -0.2) is 21.5 Å². The zero-order valence-corrected chi connectivity index (χ0v) is 19.0. The Hall–Kier alpha value is -2.14. The van der Waals surface area contributed by atoms with Gasteiger partial charge in [0, 0.05) is 19.1 Å². The van der Waals surface area contributed by atoms with Crippen molar-refractivity contribution in [3.63, 3.8) is 0 Å². The Labute approximate surface area is 176 Å². The minimum atomic E-state index is -2.53. The van der Waals surface area contributed by atoms with Crippen LogP contribution >= 0.6 is 0 Å². The first-order valence-electron chi connectivity index (χ1n) is 10.4. The van der Waals surface area contributed by atoms with Gasteiger partial charge < -0.3 is 14.6 Å². The van der Waals surface area contributed by atoms with E-state index in [1.807, 2.05) is 12.1 Å². The predicted octanol–water partition coefficient (Wildman–Crippen LogP) is 4.53. The Morgan fingerprint density at radius 3 is 1.86 bits per heavy atom. The molecule has 154 valence electrons. The molecule has 0 saturated carbocycles. The molecule has 0 aliphatic rings. The summed E-state index contributed by atoms with van der Waals surface area (Å²) in [5.41, 5.74) is 6.11. The lowest BCUT2D eigenvalue weighted by Gasteiger charge is -2.44. The topological polar surface area (TPSA) is 48.4 Å². The zero-order valence-electron chi connectivity index (χ0n) is 18.0. The first kappa shape index (κ1) is 21.6. The van der Waals surface area contributed by atoms with Crippen molar-refractivity contribution >= 4 is 18.7 Å². The number of benzene rings is 2. The monoisotopic (exact) mass is 407 g/mol. The summed E-state index contributed by atoms with van der Waals surface area (Å²) in [5.74, 6) is 1.32. The van der Waals surface area contributed by atoms with E-state index in [-0.39, 0.29) is 16.9 Å². The van der Waals surface area contributed by atoms with E-state index in [9.17, 15) is 0 Å². The summed E-state index contributed by atoms with van der Waals surface area (Å²) in [4.78, 5) is 0. The van der Waals surface area contributed by atoms with E-state index in [4.69, 9.17) is 14.6 Å². The van der Waals surface area contributed by atoms with Crippen LogP contribution in [0.15, 0.2) is 83.5 Å². The van der Waals surface area contributed by atoms with Crippen LogP contribution in [-0.2, 0) is 4.43 Å². The Morgan fingerprint density at radius 1 is 0.897 bits per heavy atom. The minimum absolute atomic E-state index is 0.0294. The summed E-state index contributed by atoms with van der Waals surface area (Å²) < 4.78 is 12.7. The smallest absolute Gasteiger partial charge is 0.261 e. The van der Waals surface area contributed by atoms with E-state index in [1.54, 1.807) is 6.26 Å². The molecule has 1 heterocycles.